The van der Waals surface area contributed by atoms with Crippen LogP contribution in [0.2, 0.25) is 0 Å². The molecule has 0 spiro atoms. The summed E-state index contributed by atoms with van der Waals surface area (Å²) in [4.78, 5) is 22.6. The fourth-order valence-corrected chi connectivity index (χ4v) is 2.23. The van der Waals surface area contributed by atoms with Crippen LogP contribution < -0.4 is 5.32 Å². The molecule has 1 saturated carbocycles. The lowest BCUT2D eigenvalue weighted by molar-refractivity contribution is -0.142. The molecule has 7 heteroatoms. The van der Waals surface area contributed by atoms with E-state index in [9.17, 15) is 14.7 Å². The highest BCUT2D eigenvalue weighted by molar-refractivity contribution is 5.87. The van der Waals surface area contributed by atoms with Crippen molar-refractivity contribution in [2.75, 3.05) is 12.4 Å². The Morgan fingerprint density at radius 1 is 1.32 bits per heavy atom. The van der Waals surface area contributed by atoms with Crippen molar-refractivity contribution in [2.45, 2.75) is 31.2 Å². The van der Waals surface area contributed by atoms with Crippen LogP contribution in [-0.4, -0.2) is 39.9 Å². The van der Waals surface area contributed by atoms with E-state index in [0.29, 0.717) is 18.7 Å². The Morgan fingerprint density at radius 2 is 2.00 bits per heavy atom. The number of aromatic nitrogens is 2. The third kappa shape index (κ3) is 2.64. The molecule has 0 aliphatic heterocycles. The van der Waals surface area contributed by atoms with E-state index in [0.717, 1.165) is 12.8 Å². The minimum atomic E-state index is -0.971. The standard InChI is InChI=1S/C12H15N3O4/c1-19-10(16)8-4-5-9(15-14-8)13-12(11(17)18)6-2-3-7-12/h4-5H,2-3,6-7H2,1H3,(H,13,15)(H,17,18). The Hall–Kier alpha value is -2.18. The summed E-state index contributed by atoms with van der Waals surface area (Å²) in [6.45, 7) is 0. The van der Waals surface area contributed by atoms with Gasteiger partial charge in [0, 0.05) is 0 Å². The van der Waals surface area contributed by atoms with Crippen LogP contribution in [0.3, 0.4) is 0 Å². The van der Waals surface area contributed by atoms with Crippen molar-refractivity contribution in [1.82, 2.24) is 10.2 Å². The Morgan fingerprint density at radius 3 is 2.47 bits per heavy atom. The molecule has 0 atom stereocenters. The fourth-order valence-electron chi connectivity index (χ4n) is 2.23. The second-order valence-electron chi connectivity index (χ2n) is 4.51. The van der Waals surface area contributed by atoms with Gasteiger partial charge in [-0.1, -0.05) is 12.8 Å². The maximum Gasteiger partial charge on any atom is 0.358 e. The Kier molecular flexibility index (Phi) is 3.64. The molecule has 2 rings (SSSR count). The number of ether oxygens (including phenoxy) is 1. The molecule has 1 aromatic rings. The summed E-state index contributed by atoms with van der Waals surface area (Å²) in [5, 5.41) is 19.7. The highest BCUT2D eigenvalue weighted by Crippen LogP contribution is 2.32. The highest BCUT2D eigenvalue weighted by Gasteiger charge is 2.41. The van der Waals surface area contributed by atoms with Crippen molar-refractivity contribution in [1.29, 1.82) is 0 Å². The Bertz CT molecular complexity index is 480. The van der Waals surface area contributed by atoms with Gasteiger partial charge in [-0.25, -0.2) is 9.59 Å². The van der Waals surface area contributed by atoms with Gasteiger partial charge in [-0.15, -0.1) is 10.2 Å². The summed E-state index contributed by atoms with van der Waals surface area (Å²) in [5.41, 5.74) is -0.884. The number of anilines is 1. The Labute approximate surface area is 110 Å². The van der Waals surface area contributed by atoms with Crippen LogP contribution in [0.15, 0.2) is 12.1 Å². The molecule has 2 N–H and O–H groups in total. The molecule has 0 unspecified atom stereocenters. The number of carbonyl (C=O) groups excluding carboxylic acids is 1. The maximum absolute atomic E-state index is 11.4. The summed E-state index contributed by atoms with van der Waals surface area (Å²) in [6, 6.07) is 2.98. The number of nitrogens with zero attached hydrogens (tertiary/aromatic N) is 2. The molecule has 0 bridgehead atoms. The van der Waals surface area contributed by atoms with Crippen LogP contribution in [0.1, 0.15) is 36.2 Å². The molecule has 1 heterocycles. The molecule has 0 saturated heterocycles. The minimum absolute atomic E-state index is 0.0869. The average Bonchev–Trinajstić information content (AvgIpc) is 2.88. The van der Waals surface area contributed by atoms with Gasteiger partial charge in [-0.3, -0.25) is 0 Å². The number of carboxylic acids is 1. The lowest BCUT2D eigenvalue weighted by atomic mass is 9.98. The average molecular weight is 265 g/mol. The van der Waals surface area contributed by atoms with Crippen molar-refractivity contribution in [3.8, 4) is 0 Å². The largest absolute Gasteiger partial charge is 0.480 e. The second kappa shape index (κ2) is 5.21. The zero-order valence-corrected chi connectivity index (χ0v) is 10.5. The van der Waals surface area contributed by atoms with Crippen molar-refractivity contribution in [3.63, 3.8) is 0 Å². The van der Waals surface area contributed by atoms with E-state index in [-0.39, 0.29) is 5.69 Å². The van der Waals surface area contributed by atoms with Gasteiger partial charge in [-0.05, 0) is 25.0 Å². The number of nitrogens with one attached hydrogen (secondary N) is 1. The highest BCUT2D eigenvalue weighted by atomic mass is 16.5. The summed E-state index contributed by atoms with van der Waals surface area (Å²) in [5.74, 6) is -1.12. The summed E-state index contributed by atoms with van der Waals surface area (Å²) >= 11 is 0. The molecule has 19 heavy (non-hydrogen) atoms. The first-order valence-electron chi connectivity index (χ1n) is 6.01. The van der Waals surface area contributed by atoms with E-state index in [1.807, 2.05) is 0 Å². The maximum atomic E-state index is 11.4. The van der Waals surface area contributed by atoms with Gasteiger partial charge in [0.15, 0.2) is 5.69 Å². The molecular formula is C12H15N3O4. The number of hydrogen-bond donors (Lipinski definition) is 2. The molecule has 1 aliphatic rings. The summed E-state index contributed by atoms with van der Waals surface area (Å²) in [6.07, 6.45) is 2.85. The number of rotatable bonds is 4. The van der Waals surface area contributed by atoms with Gasteiger partial charge in [0.25, 0.3) is 0 Å². The quantitative estimate of drug-likeness (QED) is 0.785. The molecule has 1 fully saturated rings. The lowest BCUT2D eigenvalue weighted by Gasteiger charge is -2.25. The summed E-state index contributed by atoms with van der Waals surface area (Å²) < 4.78 is 4.51. The van der Waals surface area contributed by atoms with Crippen LogP contribution in [0.5, 0.6) is 0 Å². The fraction of sp³-hybridized carbons (Fsp3) is 0.500. The third-order valence-corrected chi connectivity index (χ3v) is 3.29. The minimum Gasteiger partial charge on any atom is -0.480 e. The van der Waals surface area contributed by atoms with Crippen LogP contribution in [0, 0.1) is 0 Å². The van der Waals surface area contributed by atoms with Crippen molar-refractivity contribution >= 4 is 17.8 Å². The van der Waals surface area contributed by atoms with Gasteiger partial charge in [0.1, 0.15) is 11.4 Å². The summed E-state index contributed by atoms with van der Waals surface area (Å²) in [7, 11) is 1.26. The first-order chi connectivity index (χ1) is 9.07. The predicted molar refractivity (Wildman–Crippen MR) is 65.8 cm³/mol. The van der Waals surface area contributed by atoms with Gasteiger partial charge >= 0.3 is 11.9 Å². The van der Waals surface area contributed by atoms with E-state index in [2.05, 4.69) is 20.3 Å². The van der Waals surface area contributed by atoms with Crippen LogP contribution in [0.4, 0.5) is 5.82 Å². The van der Waals surface area contributed by atoms with E-state index in [1.54, 1.807) is 0 Å². The lowest BCUT2D eigenvalue weighted by Crippen LogP contribution is -2.44. The number of hydrogen-bond acceptors (Lipinski definition) is 6. The number of esters is 1. The zero-order valence-electron chi connectivity index (χ0n) is 10.5. The van der Waals surface area contributed by atoms with Gasteiger partial charge in [-0.2, -0.15) is 0 Å². The molecule has 1 aromatic heterocycles. The SMILES string of the molecule is COC(=O)c1ccc(NC2(C(=O)O)CCCC2)nn1. The van der Waals surface area contributed by atoms with E-state index < -0.39 is 17.5 Å². The van der Waals surface area contributed by atoms with Crippen molar-refractivity contribution < 1.29 is 19.4 Å². The van der Waals surface area contributed by atoms with Crippen molar-refractivity contribution in [3.05, 3.63) is 17.8 Å². The van der Waals surface area contributed by atoms with E-state index in [1.165, 1.54) is 19.2 Å². The van der Waals surface area contributed by atoms with Gasteiger partial charge in [0.05, 0.1) is 7.11 Å². The molecule has 7 nitrogen and oxygen atoms in total. The number of carbonyl (C=O) groups is 2. The molecular weight excluding hydrogens is 250 g/mol. The van der Waals surface area contributed by atoms with E-state index in [4.69, 9.17) is 0 Å². The van der Waals surface area contributed by atoms with Gasteiger partial charge < -0.3 is 15.2 Å². The molecule has 0 radical (unpaired) electrons. The second-order valence-corrected chi connectivity index (χ2v) is 4.51. The molecule has 1 aliphatic carbocycles. The number of aliphatic carboxylic acids is 1. The predicted octanol–water partition coefficient (Wildman–Crippen LogP) is 1.07. The van der Waals surface area contributed by atoms with Crippen LogP contribution in [0.25, 0.3) is 0 Å². The number of carboxylic acid groups (broad SMARTS) is 1. The molecule has 0 amide bonds. The topological polar surface area (TPSA) is 101 Å². The molecule has 0 aromatic carbocycles. The zero-order chi connectivity index (χ0) is 13.9. The number of methoxy groups -OCH3 is 1. The van der Waals surface area contributed by atoms with Crippen molar-refractivity contribution in [2.24, 2.45) is 0 Å². The van der Waals surface area contributed by atoms with Gasteiger partial charge in [0.2, 0.25) is 0 Å². The first-order valence-corrected chi connectivity index (χ1v) is 6.01. The smallest absolute Gasteiger partial charge is 0.358 e. The van der Waals surface area contributed by atoms with Crippen LogP contribution in [-0.2, 0) is 9.53 Å². The third-order valence-electron chi connectivity index (χ3n) is 3.29. The van der Waals surface area contributed by atoms with Crippen LogP contribution >= 0.6 is 0 Å². The first kappa shape index (κ1) is 13.3. The van der Waals surface area contributed by atoms with E-state index >= 15 is 0 Å². The normalized spacial score (nSPS) is 16.9. The molecule has 102 valence electrons. The Balaban J connectivity index is 2.14. The monoisotopic (exact) mass is 265 g/mol.